The highest BCUT2D eigenvalue weighted by atomic mass is 16.5. The van der Waals surface area contributed by atoms with Gasteiger partial charge in [-0.3, -0.25) is 9.69 Å². The number of carbonyl (C=O) groups is 1. The first-order valence-corrected chi connectivity index (χ1v) is 8.17. The second-order valence-electron chi connectivity index (χ2n) is 6.67. The largest absolute Gasteiger partial charge is 0.462 e. The minimum atomic E-state index is -0.0822. The molecular weight excluding hydrogens is 238 g/mol. The Bertz CT molecular complexity index is 325. The van der Waals surface area contributed by atoms with Crippen molar-refractivity contribution in [3.8, 4) is 0 Å². The molecule has 0 spiro atoms. The van der Waals surface area contributed by atoms with Gasteiger partial charge in [-0.05, 0) is 57.5 Å². The molecule has 0 aromatic carbocycles. The molecule has 3 fully saturated rings. The van der Waals surface area contributed by atoms with Crippen LogP contribution in [0.3, 0.4) is 0 Å². The van der Waals surface area contributed by atoms with Crippen LogP contribution in [0.25, 0.3) is 0 Å². The standard InChI is InChI=1S/C16H27NO2/c1-12(18)19-16-13-6-5-7-14(16)15(9-8-13)17-10-3-2-4-11-17/h13-16H,2-11H2,1H3/t13-,14+,15-,16-/m1/s1. The van der Waals surface area contributed by atoms with Gasteiger partial charge in [0.1, 0.15) is 6.10 Å². The molecule has 4 atom stereocenters. The first-order valence-electron chi connectivity index (χ1n) is 8.17. The summed E-state index contributed by atoms with van der Waals surface area (Å²) in [6, 6.07) is 0.682. The summed E-state index contributed by atoms with van der Waals surface area (Å²) >= 11 is 0. The van der Waals surface area contributed by atoms with Crippen LogP contribution in [-0.2, 0) is 9.53 Å². The second kappa shape index (κ2) is 5.82. The quantitative estimate of drug-likeness (QED) is 0.719. The number of hydrogen-bond acceptors (Lipinski definition) is 3. The highest BCUT2D eigenvalue weighted by Gasteiger charge is 2.45. The molecule has 2 bridgehead atoms. The molecule has 0 amide bonds. The number of esters is 1. The van der Waals surface area contributed by atoms with E-state index in [2.05, 4.69) is 4.90 Å². The summed E-state index contributed by atoms with van der Waals surface area (Å²) in [6.07, 6.45) is 10.8. The minimum Gasteiger partial charge on any atom is -0.462 e. The minimum absolute atomic E-state index is 0.0822. The van der Waals surface area contributed by atoms with Gasteiger partial charge in [-0.25, -0.2) is 0 Å². The van der Waals surface area contributed by atoms with E-state index >= 15 is 0 Å². The summed E-state index contributed by atoms with van der Waals surface area (Å²) in [6.45, 7) is 4.09. The highest BCUT2D eigenvalue weighted by molar-refractivity contribution is 5.66. The summed E-state index contributed by atoms with van der Waals surface area (Å²) in [5.41, 5.74) is 0. The van der Waals surface area contributed by atoms with Crippen LogP contribution < -0.4 is 0 Å². The number of fused-ring (bicyclic) bond motifs is 2. The van der Waals surface area contributed by atoms with E-state index in [1.807, 2.05) is 0 Å². The van der Waals surface area contributed by atoms with Crippen molar-refractivity contribution < 1.29 is 9.53 Å². The number of piperidine rings is 1. The maximum Gasteiger partial charge on any atom is 0.302 e. The number of likely N-dealkylation sites (tertiary alicyclic amines) is 1. The summed E-state index contributed by atoms with van der Waals surface area (Å²) in [5, 5.41) is 0. The maximum atomic E-state index is 11.4. The van der Waals surface area contributed by atoms with Gasteiger partial charge in [0.2, 0.25) is 0 Å². The molecule has 0 aromatic rings. The highest BCUT2D eigenvalue weighted by Crippen LogP contribution is 2.44. The van der Waals surface area contributed by atoms with Crippen molar-refractivity contribution in [3.05, 3.63) is 0 Å². The van der Waals surface area contributed by atoms with Crippen LogP contribution in [0.4, 0.5) is 0 Å². The molecule has 19 heavy (non-hydrogen) atoms. The third kappa shape index (κ3) is 2.81. The van der Waals surface area contributed by atoms with Gasteiger partial charge in [0.15, 0.2) is 0 Å². The van der Waals surface area contributed by atoms with Crippen LogP contribution in [0.1, 0.15) is 58.3 Å². The first kappa shape index (κ1) is 13.4. The van der Waals surface area contributed by atoms with Gasteiger partial charge < -0.3 is 4.74 Å². The zero-order valence-electron chi connectivity index (χ0n) is 12.1. The van der Waals surface area contributed by atoms with Gasteiger partial charge in [-0.15, -0.1) is 0 Å². The van der Waals surface area contributed by atoms with Crippen molar-refractivity contribution in [3.63, 3.8) is 0 Å². The van der Waals surface area contributed by atoms with Gasteiger partial charge in [0.05, 0.1) is 0 Å². The Balaban J connectivity index is 1.72. The van der Waals surface area contributed by atoms with E-state index in [-0.39, 0.29) is 12.1 Å². The fourth-order valence-electron chi connectivity index (χ4n) is 4.69. The van der Waals surface area contributed by atoms with E-state index in [0.717, 1.165) is 0 Å². The average molecular weight is 265 g/mol. The molecule has 3 nitrogen and oxygen atoms in total. The van der Waals surface area contributed by atoms with E-state index in [9.17, 15) is 4.79 Å². The van der Waals surface area contributed by atoms with Crippen LogP contribution in [0.2, 0.25) is 0 Å². The number of hydrogen-bond donors (Lipinski definition) is 0. The summed E-state index contributed by atoms with van der Waals surface area (Å²) in [7, 11) is 0. The Morgan fingerprint density at radius 1 is 1.00 bits per heavy atom. The monoisotopic (exact) mass is 265 g/mol. The molecule has 108 valence electrons. The molecule has 2 aliphatic carbocycles. The third-order valence-corrected chi connectivity index (χ3v) is 5.49. The lowest BCUT2D eigenvalue weighted by molar-refractivity contribution is -0.162. The predicted octanol–water partition coefficient (Wildman–Crippen LogP) is 2.98. The van der Waals surface area contributed by atoms with Crippen molar-refractivity contribution in [2.24, 2.45) is 11.8 Å². The molecule has 0 N–H and O–H groups in total. The van der Waals surface area contributed by atoms with Crippen LogP contribution in [0, 0.1) is 11.8 Å². The van der Waals surface area contributed by atoms with Gasteiger partial charge in [0, 0.05) is 18.9 Å². The molecular formula is C16H27NO2. The van der Waals surface area contributed by atoms with Crippen molar-refractivity contribution >= 4 is 5.97 Å². The van der Waals surface area contributed by atoms with Crippen molar-refractivity contribution in [2.45, 2.75) is 70.4 Å². The zero-order chi connectivity index (χ0) is 13.2. The van der Waals surface area contributed by atoms with Crippen LogP contribution in [-0.4, -0.2) is 36.1 Å². The van der Waals surface area contributed by atoms with Crippen LogP contribution >= 0.6 is 0 Å². The van der Waals surface area contributed by atoms with Crippen molar-refractivity contribution in [1.29, 1.82) is 0 Å². The first-order chi connectivity index (χ1) is 9.25. The molecule has 0 unspecified atom stereocenters. The normalized spacial score (nSPS) is 39.8. The summed E-state index contributed by atoms with van der Waals surface area (Å²) in [4.78, 5) is 14.1. The predicted molar refractivity (Wildman–Crippen MR) is 74.8 cm³/mol. The van der Waals surface area contributed by atoms with E-state index in [4.69, 9.17) is 4.74 Å². The van der Waals surface area contributed by atoms with Crippen molar-refractivity contribution in [2.75, 3.05) is 13.1 Å². The molecule has 1 heterocycles. The number of nitrogens with zero attached hydrogens (tertiary/aromatic N) is 1. The van der Waals surface area contributed by atoms with Gasteiger partial charge >= 0.3 is 5.97 Å². The van der Waals surface area contributed by atoms with E-state index in [1.165, 1.54) is 64.5 Å². The Kier molecular flexibility index (Phi) is 4.11. The van der Waals surface area contributed by atoms with Crippen LogP contribution in [0.15, 0.2) is 0 Å². The third-order valence-electron chi connectivity index (χ3n) is 5.49. The Labute approximate surface area is 116 Å². The molecule has 1 aliphatic heterocycles. The van der Waals surface area contributed by atoms with Gasteiger partial charge in [-0.1, -0.05) is 12.8 Å². The smallest absolute Gasteiger partial charge is 0.302 e. The molecule has 0 radical (unpaired) electrons. The number of ether oxygens (including phenoxy) is 1. The molecule has 0 aromatic heterocycles. The Hall–Kier alpha value is -0.570. The zero-order valence-corrected chi connectivity index (χ0v) is 12.1. The number of rotatable bonds is 2. The fraction of sp³-hybridized carbons (Fsp3) is 0.938. The average Bonchev–Trinajstić information content (AvgIpc) is 2.39. The molecule has 1 saturated heterocycles. The summed E-state index contributed by atoms with van der Waals surface area (Å²) in [5.74, 6) is 1.17. The van der Waals surface area contributed by atoms with E-state index < -0.39 is 0 Å². The second-order valence-corrected chi connectivity index (χ2v) is 6.67. The molecule has 2 saturated carbocycles. The molecule has 3 heteroatoms. The van der Waals surface area contributed by atoms with Crippen LogP contribution in [0.5, 0.6) is 0 Å². The molecule has 3 rings (SSSR count). The number of carbonyl (C=O) groups excluding carboxylic acids is 1. The Morgan fingerprint density at radius 3 is 2.53 bits per heavy atom. The van der Waals surface area contributed by atoms with Gasteiger partial charge in [0.25, 0.3) is 0 Å². The van der Waals surface area contributed by atoms with E-state index in [1.54, 1.807) is 6.92 Å². The lowest BCUT2D eigenvalue weighted by Gasteiger charge is -2.50. The topological polar surface area (TPSA) is 29.5 Å². The lowest BCUT2D eigenvalue weighted by atomic mass is 9.67. The Morgan fingerprint density at radius 2 is 1.79 bits per heavy atom. The SMILES string of the molecule is CC(=O)O[C@@H]1[C@@H]2CCC[C@H]1[C@H](N1CCCCC1)CC2. The lowest BCUT2D eigenvalue weighted by Crippen LogP contribution is -2.54. The molecule has 3 aliphatic rings. The van der Waals surface area contributed by atoms with Crippen molar-refractivity contribution in [1.82, 2.24) is 4.90 Å². The van der Waals surface area contributed by atoms with Gasteiger partial charge in [-0.2, -0.15) is 0 Å². The van der Waals surface area contributed by atoms with E-state index in [0.29, 0.717) is 17.9 Å². The fourth-order valence-corrected chi connectivity index (χ4v) is 4.69. The maximum absolute atomic E-state index is 11.4. The summed E-state index contributed by atoms with van der Waals surface area (Å²) < 4.78 is 5.71.